The fraction of sp³-hybridized carbons (Fsp3) is 0.895. The molecule has 0 spiro atoms. The zero-order chi connectivity index (χ0) is 13.6. The van der Waals surface area contributed by atoms with Crippen molar-refractivity contribution >= 4 is 0 Å². The van der Waals surface area contributed by atoms with Crippen LogP contribution < -0.4 is 5.32 Å². The van der Waals surface area contributed by atoms with Gasteiger partial charge in [-0.2, -0.15) is 0 Å². The lowest BCUT2D eigenvalue weighted by Crippen LogP contribution is -2.56. The molecule has 112 valence electrons. The molecule has 0 aliphatic heterocycles. The number of allylic oxidation sites excluding steroid dienone is 1. The summed E-state index contributed by atoms with van der Waals surface area (Å²) in [7, 11) is 0. The summed E-state index contributed by atoms with van der Waals surface area (Å²) in [6.45, 7) is 3.45. The third kappa shape index (κ3) is 2.17. The summed E-state index contributed by atoms with van der Waals surface area (Å²) in [6.07, 6.45) is 17.5. The lowest BCUT2D eigenvalue weighted by Gasteiger charge is -2.60. The largest absolute Gasteiger partial charge is 0.310 e. The number of nitrogens with one attached hydrogen (secondary N) is 1. The highest BCUT2D eigenvalue weighted by atomic mass is 14.9. The number of likely N-dealkylation sites (N-methyl/N-ethyl adjacent to an activating group) is 1. The van der Waals surface area contributed by atoms with Crippen molar-refractivity contribution in [2.45, 2.75) is 77.2 Å². The maximum atomic E-state index is 3.94. The Kier molecular flexibility index (Phi) is 3.45. The van der Waals surface area contributed by atoms with Gasteiger partial charge >= 0.3 is 0 Å². The van der Waals surface area contributed by atoms with Crippen LogP contribution in [0.25, 0.3) is 0 Å². The highest BCUT2D eigenvalue weighted by Gasteiger charge is 2.54. The summed E-state index contributed by atoms with van der Waals surface area (Å²) in [5.41, 5.74) is 2.44. The molecule has 0 radical (unpaired) electrons. The Morgan fingerprint density at radius 2 is 1.75 bits per heavy atom. The van der Waals surface area contributed by atoms with Gasteiger partial charge in [0.05, 0.1) is 0 Å². The Hall–Kier alpha value is -0.300. The van der Waals surface area contributed by atoms with Gasteiger partial charge in [0, 0.05) is 6.04 Å². The summed E-state index contributed by atoms with van der Waals surface area (Å²) >= 11 is 0. The predicted octanol–water partition coefficient (Wildman–Crippen LogP) is 4.68. The summed E-state index contributed by atoms with van der Waals surface area (Å²) in [4.78, 5) is 0. The summed E-state index contributed by atoms with van der Waals surface area (Å²) in [5.74, 6) is 3.23. The van der Waals surface area contributed by atoms with Crippen LogP contribution in [0.4, 0.5) is 0 Å². The van der Waals surface area contributed by atoms with Gasteiger partial charge in [-0.15, -0.1) is 0 Å². The fourth-order valence-corrected chi connectivity index (χ4v) is 6.60. The van der Waals surface area contributed by atoms with Crippen LogP contribution in [0.5, 0.6) is 0 Å². The summed E-state index contributed by atoms with van der Waals surface area (Å²) in [5, 5.41) is 3.94. The average molecular weight is 273 g/mol. The molecule has 4 saturated carbocycles. The normalized spacial score (nSPS) is 44.5. The van der Waals surface area contributed by atoms with Crippen LogP contribution in [-0.2, 0) is 0 Å². The van der Waals surface area contributed by atoms with Gasteiger partial charge < -0.3 is 5.32 Å². The van der Waals surface area contributed by atoms with Crippen molar-refractivity contribution in [3.05, 3.63) is 11.6 Å². The molecular formula is C19H31N. The number of hydrogen-bond acceptors (Lipinski definition) is 1. The summed E-state index contributed by atoms with van der Waals surface area (Å²) < 4.78 is 0. The van der Waals surface area contributed by atoms with Gasteiger partial charge in [0.15, 0.2) is 0 Å². The van der Waals surface area contributed by atoms with Gasteiger partial charge in [-0.3, -0.25) is 0 Å². The van der Waals surface area contributed by atoms with Crippen LogP contribution >= 0.6 is 0 Å². The van der Waals surface area contributed by atoms with Crippen molar-refractivity contribution in [1.82, 2.24) is 5.32 Å². The van der Waals surface area contributed by atoms with Gasteiger partial charge in [-0.05, 0) is 93.9 Å². The molecule has 0 aromatic carbocycles. The van der Waals surface area contributed by atoms with Crippen LogP contribution in [0.3, 0.4) is 0 Å². The SMILES string of the molecule is CCNC(C1=CCCCC1)C12CC3CC(CC(C3)C1)C2. The standard InChI is InChI=1S/C19H31N/c1-2-20-18(17-6-4-3-5-7-17)19-11-14-8-15(12-19)10-16(9-14)13-19/h6,14-16,18,20H,2-5,7-13H2,1H3. The Balaban J connectivity index is 1.63. The first kappa shape index (κ1) is 13.4. The first-order chi connectivity index (χ1) is 9.79. The molecule has 5 aliphatic rings. The molecule has 0 aromatic rings. The molecule has 0 amide bonds. The minimum Gasteiger partial charge on any atom is -0.310 e. The van der Waals surface area contributed by atoms with E-state index in [1.54, 1.807) is 24.8 Å². The van der Waals surface area contributed by atoms with Crippen LogP contribution in [0, 0.1) is 23.2 Å². The van der Waals surface area contributed by atoms with Gasteiger partial charge in [0.25, 0.3) is 0 Å². The zero-order valence-corrected chi connectivity index (χ0v) is 13.2. The Labute approximate surface area is 124 Å². The van der Waals surface area contributed by atoms with Crippen molar-refractivity contribution in [3.63, 3.8) is 0 Å². The molecule has 1 heteroatoms. The van der Waals surface area contributed by atoms with Crippen molar-refractivity contribution in [3.8, 4) is 0 Å². The van der Waals surface area contributed by atoms with E-state index in [9.17, 15) is 0 Å². The lowest BCUT2D eigenvalue weighted by atomic mass is 9.47. The highest BCUT2D eigenvalue weighted by Crippen LogP contribution is 2.62. The molecular weight excluding hydrogens is 242 g/mol. The molecule has 5 rings (SSSR count). The number of rotatable bonds is 4. The smallest absolute Gasteiger partial charge is 0.0336 e. The molecule has 20 heavy (non-hydrogen) atoms. The van der Waals surface area contributed by atoms with E-state index >= 15 is 0 Å². The minimum absolute atomic E-state index is 0.647. The second kappa shape index (κ2) is 5.16. The van der Waals surface area contributed by atoms with E-state index in [-0.39, 0.29) is 0 Å². The monoisotopic (exact) mass is 273 g/mol. The van der Waals surface area contributed by atoms with E-state index in [4.69, 9.17) is 0 Å². The van der Waals surface area contributed by atoms with E-state index in [0.717, 1.165) is 30.3 Å². The minimum atomic E-state index is 0.647. The fourth-order valence-electron chi connectivity index (χ4n) is 6.60. The second-order valence-electron chi connectivity index (χ2n) is 8.30. The molecule has 0 saturated heterocycles. The lowest BCUT2D eigenvalue weighted by molar-refractivity contribution is -0.0674. The van der Waals surface area contributed by atoms with Crippen molar-refractivity contribution in [1.29, 1.82) is 0 Å². The van der Waals surface area contributed by atoms with Crippen LogP contribution in [-0.4, -0.2) is 12.6 Å². The maximum Gasteiger partial charge on any atom is 0.0336 e. The molecule has 5 aliphatic carbocycles. The molecule has 1 nitrogen and oxygen atoms in total. The Bertz CT molecular complexity index is 359. The topological polar surface area (TPSA) is 12.0 Å². The van der Waals surface area contributed by atoms with E-state index in [2.05, 4.69) is 18.3 Å². The van der Waals surface area contributed by atoms with Crippen molar-refractivity contribution in [2.75, 3.05) is 6.54 Å². The second-order valence-corrected chi connectivity index (χ2v) is 8.30. The van der Waals surface area contributed by atoms with E-state index in [1.165, 1.54) is 44.9 Å². The van der Waals surface area contributed by atoms with Crippen LogP contribution in [0.1, 0.15) is 71.1 Å². The zero-order valence-electron chi connectivity index (χ0n) is 13.2. The van der Waals surface area contributed by atoms with Crippen molar-refractivity contribution in [2.24, 2.45) is 23.2 Å². The average Bonchev–Trinajstić information content (AvgIpc) is 2.44. The van der Waals surface area contributed by atoms with E-state index < -0.39 is 0 Å². The van der Waals surface area contributed by atoms with Gasteiger partial charge in [-0.1, -0.05) is 18.6 Å². The molecule has 1 atom stereocenters. The van der Waals surface area contributed by atoms with Gasteiger partial charge in [-0.25, -0.2) is 0 Å². The van der Waals surface area contributed by atoms with Gasteiger partial charge in [0.1, 0.15) is 0 Å². The number of hydrogen-bond donors (Lipinski definition) is 1. The first-order valence-electron chi connectivity index (χ1n) is 9.21. The predicted molar refractivity (Wildman–Crippen MR) is 84.6 cm³/mol. The molecule has 4 bridgehead atoms. The molecule has 1 unspecified atom stereocenters. The van der Waals surface area contributed by atoms with Crippen molar-refractivity contribution < 1.29 is 0 Å². The van der Waals surface area contributed by atoms with Gasteiger partial charge in [0.2, 0.25) is 0 Å². The molecule has 1 N–H and O–H groups in total. The van der Waals surface area contributed by atoms with Crippen LogP contribution in [0.2, 0.25) is 0 Å². The Morgan fingerprint density at radius 1 is 1.10 bits per heavy atom. The van der Waals surface area contributed by atoms with E-state index in [0.29, 0.717) is 5.41 Å². The highest BCUT2D eigenvalue weighted by molar-refractivity contribution is 5.21. The molecule has 0 heterocycles. The molecule has 0 aromatic heterocycles. The molecule has 4 fully saturated rings. The quantitative estimate of drug-likeness (QED) is 0.733. The van der Waals surface area contributed by atoms with Crippen LogP contribution in [0.15, 0.2) is 11.6 Å². The van der Waals surface area contributed by atoms with E-state index in [1.807, 2.05) is 0 Å². The maximum absolute atomic E-state index is 3.94. The third-order valence-corrected chi connectivity index (χ3v) is 6.80. The Morgan fingerprint density at radius 3 is 2.25 bits per heavy atom. The summed E-state index contributed by atoms with van der Waals surface area (Å²) in [6, 6.07) is 0.723. The first-order valence-corrected chi connectivity index (χ1v) is 9.21. The third-order valence-electron chi connectivity index (χ3n) is 6.80.